The normalized spacial score (nSPS) is 10.8. The molecule has 0 saturated heterocycles. The summed E-state index contributed by atoms with van der Waals surface area (Å²) in [5.41, 5.74) is 7.37. The Morgan fingerprint density at radius 3 is 2.71 bits per heavy atom. The molecule has 3 aromatic rings. The van der Waals surface area contributed by atoms with Crippen molar-refractivity contribution in [1.29, 1.82) is 0 Å². The van der Waals surface area contributed by atoms with Crippen LogP contribution in [0.2, 0.25) is 5.02 Å². The summed E-state index contributed by atoms with van der Waals surface area (Å²) in [5.74, 6) is 0.131. The summed E-state index contributed by atoms with van der Waals surface area (Å²) < 4.78 is 19.2. The largest absolute Gasteiger partial charge is 0.398 e. The highest BCUT2D eigenvalue weighted by atomic mass is 79.9. The van der Waals surface area contributed by atoms with Gasteiger partial charge in [-0.25, -0.2) is 4.39 Å². The van der Waals surface area contributed by atoms with Crippen LogP contribution in [0.25, 0.3) is 22.8 Å². The minimum absolute atomic E-state index is 0.246. The van der Waals surface area contributed by atoms with Crippen LogP contribution in [0.3, 0.4) is 0 Å². The van der Waals surface area contributed by atoms with Crippen molar-refractivity contribution in [2.75, 3.05) is 5.73 Å². The summed E-state index contributed by atoms with van der Waals surface area (Å²) >= 11 is 9.18. The number of hydrogen-bond donors (Lipinski definition) is 1. The highest BCUT2D eigenvalue weighted by Crippen LogP contribution is 2.31. The lowest BCUT2D eigenvalue weighted by Crippen LogP contribution is -1.90. The Balaban J connectivity index is 2.06. The molecule has 21 heavy (non-hydrogen) atoms. The van der Waals surface area contributed by atoms with Gasteiger partial charge in [-0.2, -0.15) is 4.98 Å². The molecule has 0 unspecified atom stereocenters. The zero-order chi connectivity index (χ0) is 15.0. The zero-order valence-corrected chi connectivity index (χ0v) is 12.8. The fourth-order valence-corrected chi connectivity index (χ4v) is 2.44. The van der Waals surface area contributed by atoms with Gasteiger partial charge in [0.15, 0.2) is 0 Å². The maximum absolute atomic E-state index is 13.3. The van der Waals surface area contributed by atoms with Crippen molar-refractivity contribution < 1.29 is 8.91 Å². The lowest BCUT2D eigenvalue weighted by Gasteiger charge is -2.00. The van der Waals surface area contributed by atoms with Crippen LogP contribution in [0.15, 0.2) is 45.4 Å². The first-order valence-electron chi connectivity index (χ1n) is 5.89. The van der Waals surface area contributed by atoms with Gasteiger partial charge in [-0.15, -0.1) is 0 Å². The molecule has 1 aromatic heterocycles. The first-order chi connectivity index (χ1) is 10.0. The van der Waals surface area contributed by atoms with E-state index in [1.807, 2.05) is 0 Å². The van der Waals surface area contributed by atoms with Crippen LogP contribution in [-0.2, 0) is 0 Å². The number of halogens is 3. The Morgan fingerprint density at radius 1 is 1.14 bits per heavy atom. The highest BCUT2D eigenvalue weighted by molar-refractivity contribution is 9.10. The zero-order valence-electron chi connectivity index (χ0n) is 10.5. The topological polar surface area (TPSA) is 64.9 Å². The number of nitrogen functional groups attached to an aromatic ring is 1. The molecule has 0 fully saturated rings. The maximum Gasteiger partial charge on any atom is 0.260 e. The number of nitrogens with zero attached hydrogens (tertiary/aromatic N) is 2. The molecule has 0 spiro atoms. The van der Waals surface area contributed by atoms with Gasteiger partial charge in [-0.05, 0) is 36.4 Å². The SMILES string of the molecule is Nc1cc(Cl)ccc1-c1nc(-c2cc(F)ccc2Br)no1. The van der Waals surface area contributed by atoms with E-state index in [1.165, 1.54) is 12.1 Å². The standard InChI is InChI=1S/C14H8BrClFN3O/c15-11-4-2-8(17)6-10(11)13-19-14(21-20-13)9-3-1-7(16)5-12(9)18/h1-6H,18H2. The van der Waals surface area contributed by atoms with Gasteiger partial charge in [0.1, 0.15) is 5.82 Å². The molecule has 0 bridgehead atoms. The Bertz CT molecular complexity index is 822. The van der Waals surface area contributed by atoms with E-state index in [4.69, 9.17) is 21.9 Å². The van der Waals surface area contributed by atoms with Crippen LogP contribution in [0.5, 0.6) is 0 Å². The molecule has 4 nitrogen and oxygen atoms in total. The Morgan fingerprint density at radius 2 is 1.95 bits per heavy atom. The predicted molar refractivity (Wildman–Crippen MR) is 82.3 cm³/mol. The summed E-state index contributed by atoms with van der Waals surface area (Å²) in [6, 6.07) is 9.21. The Labute approximate surface area is 132 Å². The Hall–Kier alpha value is -1.92. The van der Waals surface area contributed by atoms with Crippen LogP contribution in [0.4, 0.5) is 10.1 Å². The molecule has 3 rings (SSSR count). The molecule has 0 atom stereocenters. The van der Waals surface area contributed by atoms with Gasteiger partial charge in [0.2, 0.25) is 5.82 Å². The van der Waals surface area contributed by atoms with Crippen molar-refractivity contribution in [3.8, 4) is 22.8 Å². The summed E-state index contributed by atoms with van der Waals surface area (Å²) in [7, 11) is 0. The average molecular weight is 369 g/mol. The third-order valence-electron chi connectivity index (χ3n) is 2.84. The quantitative estimate of drug-likeness (QED) is 0.674. The minimum atomic E-state index is -0.384. The van der Waals surface area contributed by atoms with Gasteiger partial charge in [-0.1, -0.05) is 32.7 Å². The molecular weight excluding hydrogens is 361 g/mol. The molecule has 2 aromatic carbocycles. The summed E-state index contributed by atoms with van der Waals surface area (Å²) in [4.78, 5) is 4.25. The van der Waals surface area contributed by atoms with Crippen LogP contribution in [0.1, 0.15) is 0 Å². The number of aromatic nitrogens is 2. The molecule has 0 aliphatic carbocycles. The van der Waals surface area contributed by atoms with E-state index < -0.39 is 0 Å². The molecule has 1 heterocycles. The minimum Gasteiger partial charge on any atom is -0.398 e. The molecule has 0 aliphatic rings. The fourth-order valence-electron chi connectivity index (χ4n) is 1.84. The van der Waals surface area contributed by atoms with Crippen molar-refractivity contribution in [3.05, 3.63) is 51.7 Å². The van der Waals surface area contributed by atoms with E-state index in [9.17, 15) is 4.39 Å². The van der Waals surface area contributed by atoms with Crippen molar-refractivity contribution in [1.82, 2.24) is 10.1 Å². The van der Waals surface area contributed by atoms with Crippen molar-refractivity contribution in [2.24, 2.45) is 0 Å². The van der Waals surface area contributed by atoms with E-state index in [1.54, 1.807) is 24.3 Å². The molecule has 0 saturated carbocycles. The van der Waals surface area contributed by atoms with Gasteiger partial charge < -0.3 is 10.3 Å². The van der Waals surface area contributed by atoms with Gasteiger partial charge in [0, 0.05) is 20.7 Å². The average Bonchev–Trinajstić information content (AvgIpc) is 2.91. The predicted octanol–water partition coefficient (Wildman–Crippen LogP) is 4.54. The van der Waals surface area contributed by atoms with Crippen LogP contribution in [-0.4, -0.2) is 10.1 Å². The Kier molecular flexibility index (Phi) is 3.65. The number of rotatable bonds is 2. The molecular formula is C14H8BrClFN3O. The van der Waals surface area contributed by atoms with E-state index in [-0.39, 0.29) is 17.5 Å². The van der Waals surface area contributed by atoms with Gasteiger partial charge in [-0.3, -0.25) is 0 Å². The molecule has 0 radical (unpaired) electrons. The fraction of sp³-hybridized carbons (Fsp3) is 0. The first-order valence-corrected chi connectivity index (χ1v) is 7.06. The van der Waals surface area contributed by atoms with E-state index >= 15 is 0 Å². The summed E-state index contributed by atoms with van der Waals surface area (Å²) in [5, 5.41) is 4.37. The number of anilines is 1. The summed E-state index contributed by atoms with van der Waals surface area (Å²) in [6.45, 7) is 0. The second-order valence-corrected chi connectivity index (χ2v) is 5.57. The molecule has 2 N–H and O–H groups in total. The molecule has 7 heteroatoms. The monoisotopic (exact) mass is 367 g/mol. The first kappa shape index (κ1) is 14.0. The van der Waals surface area contributed by atoms with Crippen LogP contribution < -0.4 is 5.73 Å². The molecule has 0 aliphatic heterocycles. The molecule has 106 valence electrons. The lowest BCUT2D eigenvalue weighted by atomic mass is 10.2. The van der Waals surface area contributed by atoms with Crippen molar-refractivity contribution in [2.45, 2.75) is 0 Å². The highest BCUT2D eigenvalue weighted by Gasteiger charge is 2.15. The second-order valence-electron chi connectivity index (χ2n) is 4.28. The van der Waals surface area contributed by atoms with Gasteiger partial charge in [0.05, 0.1) is 5.56 Å². The number of hydrogen-bond acceptors (Lipinski definition) is 4. The van der Waals surface area contributed by atoms with Gasteiger partial charge >= 0.3 is 0 Å². The third kappa shape index (κ3) is 2.77. The smallest absolute Gasteiger partial charge is 0.260 e. The van der Waals surface area contributed by atoms with E-state index in [0.717, 1.165) is 0 Å². The third-order valence-corrected chi connectivity index (χ3v) is 3.77. The van der Waals surface area contributed by atoms with Crippen molar-refractivity contribution >= 4 is 33.2 Å². The second kappa shape index (κ2) is 5.46. The van der Waals surface area contributed by atoms with Crippen LogP contribution in [0, 0.1) is 5.82 Å². The summed E-state index contributed by atoms with van der Waals surface area (Å²) in [6.07, 6.45) is 0. The van der Waals surface area contributed by atoms with Crippen LogP contribution >= 0.6 is 27.5 Å². The van der Waals surface area contributed by atoms with E-state index in [0.29, 0.717) is 26.3 Å². The van der Waals surface area contributed by atoms with Gasteiger partial charge in [0.25, 0.3) is 5.89 Å². The lowest BCUT2D eigenvalue weighted by molar-refractivity contribution is 0.432. The van der Waals surface area contributed by atoms with E-state index in [2.05, 4.69) is 26.1 Å². The number of nitrogens with two attached hydrogens (primary N) is 1. The maximum atomic E-state index is 13.3. The van der Waals surface area contributed by atoms with Crippen molar-refractivity contribution in [3.63, 3.8) is 0 Å². The molecule has 0 amide bonds. The number of benzene rings is 2.